The number of rotatable bonds is 0. The molecule has 0 N–H and O–H groups in total. The topological polar surface area (TPSA) is 23.8 Å². The number of nitriles is 1. The highest BCUT2D eigenvalue weighted by Gasteiger charge is 1.50. The molecule has 0 aliphatic rings. The minimum absolute atomic E-state index is 0.968. The van der Waals surface area contributed by atoms with Crippen LogP contribution in [0.3, 0.4) is 0 Å². The first-order chi connectivity index (χ1) is 1.91. The van der Waals surface area contributed by atoms with Crippen molar-refractivity contribution < 1.29 is 0 Å². The second kappa shape index (κ2) is 3.06. The minimum atomic E-state index is 0.968. The van der Waals surface area contributed by atoms with E-state index in [9.17, 15) is 0 Å². The second-order valence-electron chi connectivity index (χ2n) is 0.193. The summed E-state index contributed by atoms with van der Waals surface area (Å²) in [7, 11) is 2.84. The van der Waals surface area contributed by atoms with Crippen LogP contribution in [0.4, 0.5) is 0 Å². The van der Waals surface area contributed by atoms with E-state index in [1.54, 1.807) is 5.40 Å². The van der Waals surface area contributed by atoms with Crippen molar-refractivity contribution in [1.82, 2.24) is 0 Å². The summed E-state index contributed by atoms with van der Waals surface area (Å²) in [6.45, 7) is 0. The molecule has 1 nitrogen and oxygen atoms in total. The van der Waals surface area contributed by atoms with Crippen LogP contribution < -0.4 is 0 Å². The summed E-state index contributed by atoms with van der Waals surface area (Å²) in [6.07, 6.45) is 0. The van der Waals surface area contributed by atoms with E-state index in [4.69, 9.17) is 5.26 Å². The van der Waals surface area contributed by atoms with Gasteiger partial charge in [0.25, 0.3) is 0 Å². The molecule has 0 amide bonds. The highest BCUT2D eigenvalue weighted by atomic mass is 32.4. The third-order valence-corrected chi connectivity index (χ3v) is 0.411. The maximum atomic E-state index is 7.54. The molecule has 0 aromatic heterocycles. The quantitative estimate of drug-likeness (QED) is 0.312. The van der Waals surface area contributed by atoms with Crippen molar-refractivity contribution in [3.05, 3.63) is 0 Å². The van der Waals surface area contributed by atoms with Crippen molar-refractivity contribution in [2.24, 2.45) is 0 Å². The predicted octanol–water partition coefficient (Wildman–Crippen LogP) is 0.284. The van der Waals surface area contributed by atoms with Crippen LogP contribution in [0.2, 0.25) is 0 Å². The van der Waals surface area contributed by atoms with Gasteiger partial charge in [0, 0.05) is 0 Å². The SMILES string of the molecule is N#CS[Si]. The average Bonchev–Trinajstić information content (AvgIpc) is 1.37. The Morgan fingerprint density at radius 3 is 2.25 bits per heavy atom. The molecule has 0 aliphatic carbocycles. The predicted molar refractivity (Wildman–Crippen MR) is 19.0 cm³/mol. The number of hydrogen-bond donors (Lipinski definition) is 0. The third-order valence-electron chi connectivity index (χ3n) is 0.0456. The third kappa shape index (κ3) is 2.06. The summed E-state index contributed by atoms with van der Waals surface area (Å²) in [5.74, 6) is 0. The van der Waals surface area contributed by atoms with Crippen LogP contribution in [0.15, 0.2) is 0 Å². The second-order valence-corrected chi connectivity index (χ2v) is 1.19. The molecular formula is CNSSi. The summed E-state index contributed by atoms with van der Waals surface area (Å²) >= 11 is 0.968. The van der Waals surface area contributed by atoms with Gasteiger partial charge in [0.2, 0.25) is 0 Å². The molecule has 0 unspecified atom stereocenters. The van der Waals surface area contributed by atoms with Crippen LogP contribution in [-0.4, -0.2) is 9.39 Å². The Labute approximate surface area is 32.1 Å². The van der Waals surface area contributed by atoms with Gasteiger partial charge in [-0.05, 0) is 0 Å². The Hall–Kier alpha value is 0.0569. The molecule has 0 heterocycles. The Bertz CT molecular complexity index is 37.8. The van der Waals surface area contributed by atoms with Crippen LogP contribution >= 0.6 is 11.2 Å². The Morgan fingerprint density at radius 2 is 2.25 bits per heavy atom. The lowest BCUT2D eigenvalue weighted by molar-refractivity contribution is 1.57. The zero-order chi connectivity index (χ0) is 3.41. The lowest BCUT2D eigenvalue weighted by Crippen LogP contribution is -1.33. The first-order valence-electron chi connectivity index (χ1n) is 0.632. The minimum Gasteiger partial charge on any atom is -0.186 e. The van der Waals surface area contributed by atoms with Crippen LogP contribution in [0, 0.1) is 10.7 Å². The lowest BCUT2D eigenvalue weighted by Gasteiger charge is -1.46. The molecule has 19 valence electrons. The summed E-state index contributed by atoms with van der Waals surface area (Å²) in [5.41, 5.74) is 0. The Balaban J connectivity index is 2.43. The van der Waals surface area contributed by atoms with Gasteiger partial charge < -0.3 is 0 Å². The lowest BCUT2D eigenvalue weighted by atomic mass is 11.8. The molecule has 0 aliphatic heterocycles. The normalized spacial score (nSPS) is 5.00. The molecule has 0 saturated carbocycles. The van der Waals surface area contributed by atoms with E-state index < -0.39 is 0 Å². The van der Waals surface area contributed by atoms with Crippen molar-refractivity contribution in [1.29, 1.82) is 5.26 Å². The zero-order valence-corrected chi connectivity index (χ0v) is 3.67. The van der Waals surface area contributed by atoms with E-state index in [2.05, 4.69) is 9.39 Å². The molecule has 0 bridgehead atoms. The monoisotopic (exact) mass is 86.0 g/mol. The van der Waals surface area contributed by atoms with Crippen molar-refractivity contribution in [3.8, 4) is 5.40 Å². The Kier molecular flexibility index (Phi) is 3.10. The molecule has 3 heteroatoms. The maximum absolute atomic E-state index is 7.54. The fourth-order valence-electron chi connectivity index (χ4n) is 0. The smallest absolute Gasteiger partial charge is 0.142 e. The molecule has 3 radical (unpaired) electrons. The molecule has 0 rings (SSSR count). The first kappa shape index (κ1) is 4.06. The zero-order valence-electron chi connectivity index (χ0n) is 1.86. The standard InChI is InChI=1S/CNSSi/c2-1-3-4. The number of thiocyanates is 1. The molecule has 0 saturated heterocycles. The van der Waals surface area contributed by atoms with Crippen molar-refractivity contribution in [3.63, 3.8) is 0 Å². The Morgan fingerprint density at radius 1 is 2.00 bits per heavy atom. The van der Waals surface area contributed by atoms with Crippen molar-refractivity contribution >= 4 is 20.6 Å². The van der Waals surface area contributed by atoms with E-state index in [1.165, 1.54) is 0 Å². The van der Waals surface area contributed by atoms with Gasteiger partial charge in [-0.1, -0.05) is 11.2 Å². The van der Waals surface area contributed by atoms with Gasteiger partial charge in [0.15, 0.2) is 0 Å². The van der Waals surface area contributed by atoms with Crippen LogP contribution in [-0.2, 0) is 0 Å². The van der Waals surface area contributed by atoms with E-state index in [0.29, 0.717) is 0 Å². The van der Waals surface area contributed by atoms with Crippen LogP contribution in [0.5, 0.6) is 0 Å². The molecule has 0 atom stereocenters. The molecule has 0 aromatic rings. The van der Waals surface area contributed by atoms with E-state index in [1.807, 2.05) is 0 Å². The highest BCUT2D eigenvalue weighted by Crippen LogP contribution is 1.76. The molecule has 4 heavy (non-hydrogen) atoms. The summed E-state index contributed by atoms with van der Waals surface area (Å²) in [4.78, 5) is 0. The van der Waals surface area contributed by atoms with E-state index in [-0.39, 0.29) is 0 Å². The van der Waals surface area contributed by atoms with Gasteiger partial charge in [0.1, 0.15) is 14.8 Å². The molecule has 0 fully saturated rings. The molecule has 0 spiro atoms. The van der Waals surface area contributed by atoms with Crippen LogP contribution in [0.25, 0.3) is 0 Å². The van der Waals surface area contributed by atoms with Crippen molar-refractivity contribution in [2.75, 3.05) is 0 Å². The summed E-state index contributed by atoms with van der Waals surface area (Å²) in [5, 5.41) is 9.30. The van der Waals surface area contributed by atoms with E-state index in [0.717, 1.165) is 11.2 Å². The van der Waals surface area contributed by atoms with Gasteiger partial charge in [-0.15, -0.1) is 0 Å². The number of nitrogens with zero attached hydrogens (tertiary/aromatic N) is 1. The van der Waals surface area contributed by atoms with Gasteiger partial charge in [-0.2, -0.15) is 5.26 Å². The van der Waals surface area contributed by atoms with Crippen molar-refractivity contribution in [2.45, 2.75) is 0 Å². The van der Waals surface area contributed by atoms with Gasteiger partial charge in [-0.3, -0.25) is 0 Å². The largest absolute Gasteiger partial charge is 0.186 e. The van der Waals surface area contributed by atoms with E-state index >= 15 is 0 Å². The fraction of sp³-hybridized carbons (Fsp3) is 0. The summed E-state index contributed by atoms with van der Waals surface area (Å²) < 4.78 is 0. The first-order valence-corrected chi connectivity index (χ1v) is 2.67. The van der Waals surface area contributed by atoms with Gasteiger partial charge >= 0.3 is 0 Å². The fourth-order valence-corrected chi connectivity index (χ4v) is 0. The number of hydrogen-bond acceptors (Lipinski definition) is 2. The maximum Gasteiger partial charge on any atom is 0.142 e. The highest BCUT2D eigenvalue weighted by molar-refractivity contribution is 8.23. The molecule has 0 aromatic carbocycles. The average molecular weight is 86.2 g/mol. The molecular weight excluding hydrogens is 86.2 g/mol. The summed E-state index contributed by atoms with van der Waals surface area (Å²) in [6, 6.07) is 0. The van der Waals surface area contributed by atoms with Gasteiger partial charge in [-0.25, -0.2) is 0 Å². The van der Waals surface area contributed by atoms with Gasteiger partial charge in [0.05, 0.1) is 0 Å². The van der Waals surface area contributed by atoms with Crippen LogP contribution in [0.1, 0.15) is 0 Å².